The van der Waals surface area contributed by atoms with Gasteiger partial charge < -0.3 is 10.1 Å². The van der Waals surface area contributed by atoms with Gasteiger partial charge in [-0.2, -0.15) is 0 Å². The first-order chi connectivity index (χ1) is 14.4. The second-order valence-electron chi connectivity index (χ2n) is 8.77. The molecule has 6 nitrogen and oxygen atoms in total. The van der Waals surface area contributed by atoms with Gasteiger partial charge in [0.05, 0.1) is 25.1 Å². The smallest absolute Gasteiger partial charge is 0.232 e. The van der Waals surface area contributed by atoms with E-state index in [1.54, 1.807) is 24.3 Å². The number of para-hydroxylation sites is 2. The van der Waals surface area contributed by atoms with Crippen molar-refractivity contribution in [2.75, 3.05) is 24.2 Å². The first-order valence-electron chi connectivity index (χ1n) is 10.4. The van der Waals surface area contributed by atoms with Gasteiger partial charge in [-0.15, -0.1) is 0 Å². The van der Waals surface area contributed by atoms with Gasteiger partial charge in [-0.1, -0.05) is 57.2 Å². The van der Waals surface area contributed by atoms with Gasteiger partial charge in [-0.05, 0) is 42.0 Å². The molecule has 0 radical (unpaired) electrons. The quantitative estimate of drug-likeness (QED) is 0.619. The molecule has 0 saturated carbocycles. The highest BCUT2D eigenvalue weighted by molar-refractivity contribution is 7.92. The summed E-state index contributed by atoms with van der Waals surface area (Å²) < 4.78 is 31.2. The number of carbonyl (C=O) groups excluding carboxylic acids is 1. The summed E-state index contributed by atoms with van der Waals surface area (Å²) in [4.78, 5) is 12.4. The van der Waals surface area contributed by atoms with Gasteiger partial charge in [0, 0.05) is 13.0 Å². The monoisotopic (exact) mass is 446 g/mol. The lowest BCUT2D eigenvalue weighted by atomic mass is 9.86. The summed E-state index contributed by atoms with van der Waals surface area (Å²) in [5, 5.41) is 3.00. The standard InChI is InChI=1S/C24H34N2O4S/c1-18(19-13-15-20(16-14-19)24(2,3)4)25-23(27)12-9-17-26(31(6,28)29)21-10-7-8-11-22(21)30-5/h7-8,10-11,13-16,18H,9,12,17H2,1-6H3,(H,25,27). The summed E-state index contributed by atoms with van der Waals surface area (Å²) in [5.41, 5.74) is 2.83. The van der Waals surface area contributed by atoms with Gasteiger partial charge in [-0.3, -0.25) is 9.10 Å². The van der Waals surface area contributed by atoms with Crippen LogP contribution in [0.15, 0.2) is 48.5 Å². The number of carbonyl (C=O) groups is 1. The molecule has 1 amide bonds. The van der Waals surface area contributed by atoms with Crippen molar-refractivity contribution < 1.29 is 17.9 Å². The normalized spacial score (nSPS) is 12.8. The number of rotatable bonds is 9. The maximum absolute atomic E-state index is 12.4. The SMILES string of the molecule is COc1ccccc1N(CCCC(=O)NC(C)c1ccc(C(C)(C)C)cc1)S(C)(=O)=O. The molecule has 170 valence electrons. The molecule has 0 heterocycles. The zero-order valence-corrected chi connectivity index (χ0v) is 20.1. The van der Waals surface area contributed by atoms with E-state index in [1.165, 1.54) is 17.0 Å². The average Bonchev–Trinajstić information content (AvgIpc) is 2.69. The van der Waals surface area contributed by atoms with Crippen molar-refractivity contribution in [2.45, 2.75) is 52.0 Å². The van der Waals surface area contributed by atoms with E-state index in [-0.39, 0.29) is 30.3 Å². The molecule has 0 aliphatic rings. The topological polar surface area (TPSA) is 75.7 Å². The average molecular weight is 447 g/mol. The molecule has 0 fully saturated rings. The minimum atomic E-state index is -3.51. The molecule has 2 aromatic carbocycles. The summed E-state index contributed by atoms with van der Waals surface area (Å²) >= 11 is 0. The van der Waals surface area contributed by atoms with Gasteiger partial charge in [-0.25, -0.2) is 8.42 Å². The lowest BCUT2D eigenvalue weighted by Crippen LogP contribution is -2.32. The number of methoxy groups -OCH3 is 1. The number of nitrogens with one attached hydrogen (secondary N) is 1. The predicted molar refractivity (Wildman–Crippen MR) is 126 cm³/mol. The molecule has 0 aliphatic carbocycles. The molecule has 1 unspecified atom stereocenters. The molecule has 0 spiro atoms. The van der Waals surface area contributed by atoms with Crippen LogP contribution in [0, 0.1) is 0 Å². The van der Waals surface area contributed by atoms with Crippen LogP contribution in [0.3, 0.4) is 0 Å². The van der Waals surface area contributed by atoms with Crippen LogP contribution in [0.4, 0.5) is 5.69 Å². The van der Waals surface area contributed by atoms with Crippen molar-refractivity contribution in [3.63, 3.8) is 0 Å². The molecule has 1 atom stereocenters. The van der Waals surface area contributed by atoms with Crippen molar-refractivity contribution in [2.24, 2.45) is 0 Å². The molecule has 0 aromatic heterocycles. The van der Waals surface area contributed by atoms with Crippen LogP contribution in [-0.2, 0) is 20.2 Å². The Labute approximate surface area is 186 Å². The molecule has 0 saturated heterocycles. The lowest BCUT2D eigenvalue weighted by molar-refractivity contribution is -0.121. The Morgan fingerprint density at radius 1 is 1.10 bits per heavy atom. The third-order valence-electron chi connectivity index (χ3n) is 5.17. The third-order valence-corrected chi connectivity index (χ3v) is 6.35. The van der Waals surface area contributed by atoms with Crippen molar-refractivity contribution in [3.8, 4) is 5.75 Å². The maximum atomic E-state index is 12.4. The van der Waals surface area contributed by atoms with Gasteiger partial charge in [0.1, 0.15) is 5.75 Å². The van der Waals surface area contributed by atoms with Gasteiger partial charge in [0.15, 0.2) is 0 Å². The van der Waals surface area contributed by atoms with Gasteiger partial charge in [0.2, 0.25) is 15.9 Å². The van der Waals surface area contributed by atoms with E-state index in [9.17, 15) is 13.2 Å². The number of nitrogens with zero attached hydrogens (tertiary/aromatic N) is 1. The van der Waals surface area contributed by atoms with Crippen LogP contribution in [-0.4, -0.2) is 34.2 Å². The third kappa shape index (κ3) is 6.99. The molecule has 31 heavy (non-hydrogen) atoms. The Morgan fingerprint density at radius 3 is 2.26 bits per heavy atom. The first-order valence-corrected chi connectivity index (χ1v) is 12.3. The highest BCUT2D eigenvalue weighted by Crippen LogP contribution is 2.29. The van der Waals surface area contributed by atoms with E-state index in [2.05, 4.69) is 38.2 Å². The van der Waals surface area contributed by atoms with E-state index in [0.29, 0.717) is 17.9 Å². The van der Waals surface area contributed by atoms with E-state index < -0.39 is 10.0 Å². The first kappa shape index (κ1) is 24.7. The Hall–Kier alpha value is -2.54. The van der Waals surface area contributed by atoms with Crippen LogP contribution in [0.2, 0.25) is 0 Å². The second-order valence-corrected chi connectivity index (χ2v) is 10.7. The Bertz CT molecular complexity index is 979. The maximum Gasteiger partial charge on any atom is 0.232 e. The summed E-state index contributed by atoms with van der Waals surface area (Å²) in [7, 11) is -2.01. The van der Waals surface area contributed by atoms with E-state index in [0.717, 1.165) is 11.8 Å². The molecule has 7 heteroatoms. The Morgan fingerprint density at radius 2 is 1.71 bits per heavy atom. The molecular formula is C24H34N2O4S. The summed E-state index contributed by atoms with van der Waals surface area (Å²) in [6.07, 6.45) is 1.78. The molecule has 1 N–H and O–H groups in total. The number of hydrogen-bond donors (Lipinski definition) is 1. The number of hydrogen-bond acceptors (Lipinski definition) is 4. The summed E-state index contributed by atoms with van der Waals surface area (Å²) in [5.74, 6) is 0.366. The van der Waals surface area contributed by atoms with Crippen LogP contribution in [0.1, 0.15) is 57.7 Å². The Kier molecular flexibility index (Phi) is 8.12. The zero-order valence-electron chi connectivity index (χ0n) is 19.3. The second kappa shape index (κ2) is 10.2. The molecular weight excluding hydrogens is 412 g/mol. The van der Waals surface area contributed by atoms with E-state index in [1.807, 2.05) is 19.1 Å². The van der Waals surface area contributed by atoms with Crippen LogP contribution < -0.4 is 14.4 Å². The minimum absolute atomic E-state index is 0.0813. The van der Waals surface area contributed by atoms with Crippen LogP contribution >= 0.6 is 0 Å². The molecule has 0 aliphatic heterocycles. The fourth-order valence-electron chi connectivity index (χ4n) is 3.35. The number of benzene rings is 2. The Balaban J connectivity index is 1.96. The highest BCUT2D eigenvalue weighted by atomic mass is 32.2. The van der Waals surface area contributed by atoms with Crippen molar-refractivity contribution >= 4 is 21.6 Å². The summed E-state index contributed by atoms with van der Waals surface area (Å²) in [6.45, 7) is 8.64. The van der Waals surface area contributed by atoms with E-state index >= 15 is 0 Å². The van der Waals surface area contributed by atoms with Crippen molar-refractivity contribution in [1.82, 2.24) is 5.32 Å². The highest BCUT2D eigenvalue weighted by Gasteiger charge is 2.21. The van der Waals surface area contributed by atoms with Crippen LogP contribution in [0.5, 0.6) is 5.75 Å². The number of anilines is 1. The number of ether oxygens (including phenoxy) is 1. The fourth-order valence-corrected chi connectivity index (χ4v) is 4.32. The predicted octanol–water partition coefficient (Wildman–Crippen LogP) is 4.42. The van der Waals surface area contributed by atoms with Crippen molar-refractivity contribution in [1.29, 1.82) is 0 Å². The van der Waals surface area contributed by atoms with Crippen LogP contribution in [0.25, 0.3) is 0 Å². The summed E-state index contributed by atoms with van der Waals surface area (Å²) in [6, 6.07) is 15.1. The number of amides is 1. The molecule has 0 bridgehead atoms. The van der Waals surface area contributed by atoms with Gasteiger partial charge in [0.25, 0.3) is 0 Å². The molecule has 2 aromatic rings. The zero-order chi connectivity index (χ0) is 23.2. The van der Waals surface area contributed by atoms with Crippen molar-refractivity contribution in [3.05, 3.63) is 59.7 Å². The fraction of sp³-hybridized carbons (Fsp3) is 0.458. The van der Waals surface area contributed by atoms with Gasteiger partial charge >= 0.3 is 0 Å². The minimum Gasteiger partial charge on any atom is -0.495 e. The van der Waals surface area contributed by atoms with E-state index in [4.69, 9.17) is 4.74 Å². The molecule has 2 rings (SSSR count). The largest absolute Gasteiger partial charge is 0.495 e. The lowest BCUT2D eigenvalue weighted by Gasteiger charge is -2.24. The number of sulfonamides is 1.